The third-order valence-electron chi connectivity index (χ3n) is 2.39. The van der Waals surface area contributed by atoms with Crippen LogP contribution in [0.2, 0.25) is 0 Å². The van der Waals surface area contributed by atoms with Crippen LogP contribution < -0.4 is 5.32 Å². The van der Waals surface area contributed by atoms with Gasteiger partial charge in [-0.2, -0.15) is 0 Å². The number of rotatable bonds is 6. The van der Waals surface area contributed by atoms with Gasteiger partial charge in [-0.3, -0.25) is 0 Å². The van der Waals surface area contributed by atoms with E-state index in [1.807, 2.05) is 20.8 Å². The summed E-state index contributed by atoms with van der Waals surface area (Å²) < 4.78 is 28.7. The van der Waals surface area contributed by atoms with Gasteiger partial charge in [-0.05, 0) is 32.9 Å². The summed E-state index contributed by atoms with van der Waals surface area (Å²) in [4.78, 5) is 4.27. The van der Waals surface area contributed by atoms with E-state index in [1.54, 1.807) is 18.3 Å². The first-order valence-corrected chi connectivity index (χ1v) is 7.68. The highest BCUT2D eigenvalue weighted by molar-refractivity contribution is 7.90. The molecule has 1 aromatic rings. The van der Waals surface area contributed by atoms with Crippen molar-refractivity contribution in [3.05, 3.63) is 18.3 Å². The average molecular weight is 272 g/mol. The number of anilines is 1. The number of nitrogens with one attached hydrogen (secondary N) is 1. The third kappa shape index (κ3) is 4.27. The minimum atomic E-state index is -3.28. The lowest BCUT2D eigenvalue weighted by Crippen LogP contribution is -2.33. The first kappa shape index (κ1) is 14.9. The smallest absolute Gasteiger partial charge is 0.179 e. The molecule has 0 aliphatic rings. The minimum absolute atomic E-state index is 0.206. The van der Waals surface area contributed by atoms with Crippen LogP contribution in [-0.2, 0) is 14.6 Å². The van der Waals surface area contributed by atoms with Crippen LogP contribution in [0.1, 0.15) is 20.8 Å². The van der Waals surface area contributed by atoms with Gasteiger partial charge in [0, 0.05) is 25.6 Å². The van der Waals surface area contributed by atoms with Gasteiger partial charge in [0.15, 0.2) is 9.84 Å². The number of aromatic nitrogens is 1. The van der Waals surface area contributed by atoms with Gasteiger partial charge in [-0.1, -0.05) is 0 Å². The second-order valence-electron chi connectivity index (χ2n) is 4.67. The molecular formula is C12H20N2O3S. The van der Waals surface area contributed by atoms with E-state index in [1.165, 1.54) is 6.26 Å². The molecule has 0 atom stereocenters. The quantitative estimate of drug-likeness (QED) is 0.854. The molecule has 0 radical (unpaired) electrons. The molecular weight excluding hydrogens is 252 g/mol. The van der Waals surface area contributed by atoms with Crippen LogP contribution in [0, 0.1) is 0 Å². The maximum absolute atomic E-state index is 11.6. The Labute approximate surface area is 108 Å². The van der Waals surface area contributed by atoms with E-state index in [4.69, 9.17) is 4.74 Å². The Morgan fingerprint density at radius 3 is 2.67 bits per heavy atom. The van der Waals surface area contributed by atoms with Crippen LogP contribution >= 0.6 is 0 Å². The van der Waals surface area contributed by atoms with E-state index in [2.05, 4.69) is 10.3 Å². The molecule has 0 fully saturated rings. The summed E-state index contributed by atoms with van der Waals surface area (Å²) in [5.74, 6) is 0.368. The summed E-state index contributed by atoms with van der Waals surface area (Å²) in [6, 6.07) is 3.15. The predicted octanol–water partition coefficient (Wildman–Crippen LogP) is 1.71. The largest absolute Gasteiger partial charge is 0.374 e. The number of pyridine rings is 1. The second-order valence-corrected chi connectivity index (χ2v) is 6.65. The van der Waals surface area contributed by atoms with E-state index < -0.39 is 9.84 Å². The van der Waals surface area contributed by atoms with Crippen LogP contribution in [0.4, 0.5) is 5.82 Å². The SMILES string of the molecule is CCOC(C)(C)CNc1ncccc1S(C)(=O)=O. The van der Waals surface area contributed by atoms with Gasteiger partial charge in [0.1, 0.15) is 10.7 Å². The Balaban J connectivity index is 2.86. The lowest BCUT2D eigenvalue weighted by Gasteiger charge is -2.25. The van der Waals surface area contributed by atoms with E-state index >= 15 is 0 Å². The van der Waals surface area contributed by atoms with Crippen LogP contribution in [0.3, 0.4) is 0 Å². The molecule has 0 unspecified atom stereocenters. The molecule has 18 heavy (non-hydrogen) atoms. The lowest BCUT2D eigenvalue weighted by molar-refractivity contribution is 0.000602. The summed E-state index contributed by atoms with van der Waals surface area (Å²) in [6.45, 7) is 6.89. The normalized spacial score (nSPS) is 12.4. The van der Waals surface area contributed by atoms with Gasteiger partial charge in [0.25, 0.3) is 0 Å². The van der Waals surface area contributed by atoms with E-state index in [0.717, 1.165) is 0 Å². The molecule has 0 saturated heterocycles. The monoisotopic (exact) mass is 272 g/mol. The molecule has 1 rings (SSSR count). The molecule has 102 valence electrons. The molecule has 1 heterocycles. The summed E-state index contributed by atoms with van der Waals surface area (Å²) >= 11 is 0. The number of hydrogen-bond donors (Lipinski definition) is 1. The highest BCUT2D eigenvalue weighted by Crippen LogP contribution is 2.19. The zero-order valence-electron chi connectivity index (χ0n) is 11.2. The molecule has 5 nitrogen and oxygen atoms in total. The summed E-state index contributed by atoms with van der Waals surface area (Å²) in [7, 11) is -3.28. The van der Waals surface area contributed by atoms with Gasteiger partial charge in [0.05, 0.1) is 5.60 Å². The van der Waals surface area contributed by atoms with Gasteiger partial charge in [-0.25, -0.2) is 13.4 Å². The van der Waals surface area contributed by atoms with Crippen molar-refractivity contribution >= 4 is 15.7 Å². The summed E-state index contributed by atoms with van der Waals surface area (Å²) in [6.07, 6.45) is 2.73. The van der Waals surface area contributed by atoms with Crippen LogP contribution in [-0.4, -0.2) is 38.4 Å². The van der Waals surface area contributed by atoms with Crippen molar-refractivity contribution in [2.75, 3.05) is 24.7 Å². The molecule has 0 aliphatic carbocycles. The fraction of sp³-hybridized carbons (Fsp3) is 0.583. The van der Waals surface area contributed by atoms with Gasteiger partial charge < -0.3 is 10.1 Å². The van der Waals surface area contributed by atoms with Crippen LogP contribution in [0.5, 0.6) is 0 Å². The average Bonchev–Trinajstić information content (AvgIpc) is 2.26. The van der Waals surface area contributed by atoms with Crippen molar-refractivity contribution in [3.8, 4) is 0 Å². The van der Waals surface area contributed by atoms with E-state index in [-0.39, 0.29) is 10.5 Å². The first-order chi connectivity index (χ1) is 8.26. The standard InChI is InChI=1S/C12H20N2O3S/c1-5-17-12(2,3)9-14-11-10(18(4,15)16)7-6-8-13-11/h6-8H,5,9H2,1-4H3,(H,13,14). The lowest BCUT2D eigenvalue weighted by atomic mass is 10.1. The summed E-state index contributed by atoms with van der Waals surface area (Å²) in [5.41, 5.74) is -0.374. The van der Waals surface area contributed by atoms with Gasteiger partial charge in [0.2, 0.25) is 0 Å². The fourth-order valence-corrected chi connectivity index (χ4v) is 2.36. The van der Waals surface area contributed by atoms with Gasteiger partial charge in [-0.15, -0.1) is 0 Å². The molecule has 0 amide bonds. The molecule has 1 aromatic heterocycles. The number of ether oxygens (including phenoxy) is 1. The van der Waals surface area contributed by atoms with Crippen molar-refractivity contribution < 1.29 is 13.2 Å². The molecule has 0 aliphatic heterocycles. The molecule has 1 N–H and O–H groups in total. The maximum atomic E-state index is 11.6. The van der Waals surface area contributed by atoms with E-state index in [9.17, 15) is 8.42 Å². The molecule has 0 saturated carbocycles. The highest BCUT2D eigenvalue weighted by atomic mass is 32.2. The molecule has 6 heteroatoms. The Morgan fingerprint density at radius 2 is 2.11 bits per heavy atom. The zero-order valence-corrected chi connectivity index (χ0v) is 12.0. The zero-order chi connectivity index (χ0) is 13.8. The highest BCUT2D eigenvalue weighted by Gasteiger charge is 2.20. The van der Waals surface area contributed by atoms with E-state index in [0.29, 0.717) is 19.0 Å². The Morgan fingerprint density at radius 1 is 1.44 bits per heavy atom. The van der Waals surface area contributed by atoms with Crippen molar-refractivity contribution in [2.24, 2.45) is 0 Å². The van der Waals surface area contributed by atoms with Crippen molar-refractivity contribution in [1.82, 2.24) is 4.98 Å². The third-order valence-corrected chi connectivity index (χ3v) is 3.52. The molecule has 0 spiro atoms. The summed E-state index contributed by atoms with van der Waals surface area (Å²) in [5, 5.41) is 3.03. The molecule has 0 aromatic carbocycles. The van der Waals surface area contributed by atoms with Crippen molar-refractivity contribution in [2.45, 2.75) is 31.3 Å². The van der Waals surface area contributed by atoms with Gasteiger partial charge >= 0.3 is 0 Å². The Hall–Kier alpha value is -1.14. The second kappa shape index (κ2) is 5.67. The molecule has 0 bridgehead atoms. The predicted molar refractivity (Wildman–Crippen MR) is 71.5 cm³/mol. The Bertz CT molecular complexity index is 498. The number of sulfone groups is 1. The topological polar surface area (TPSA) is 68.3 Å². The van der Waals surface area contributed by atoms with Crippen LogP contribution in [0.15, 0.2) is 23.2 Å². The van der Waals surface area contributed by atoms with Crippen LogP contribution in [0.25, 0.3) is 0 Å². The minimum Gasteiger partial charge on any atom is -0.374 e. The number of hydrogen-bond acceptors (Lipinski definition) is 5. The maximum Gasteiger partial charge on any atom is 0.179 e. The Kier molecular flexibility index (Phi) is 4.70. The van der Waals surface area contributed by atoms with Crippen molar-refractivity contribution in [1.29, 1.82) is 0 Å². The first-order valence-electron chi connectivity index (χ1n) is 5.79. The number of nitrogens with zero attached hydrogens (tertiary/aromatic N) is 1. The fourth-order valence-electron chi connectivity index (χ4n) is 1.56. The van der Waals surface area contributed by atoms with Crippen molar-refractivity contribution in [3.63, 3.8) is 0 Å².